The first-order valence-electron chi connectivity index (χ1n) is 8.72. The van der Waals surface area contributed by atoms with Gasteiger partial charge in [0.2, 0.25) is 16.9 Å². The van der Waals surface area contributed by atoms with E-state index in [0.29, 0.717) is 28.1 Å². The van der Waals surface area contributed by atoms with Crippen molar-refractivity contribution in [3.05, 3.63) is 69.7 Å². The average Bonchev–Trinajstić information content (AvgIpc) is 3.48. The van der Waals surface area contributed by atoms with Crippen LogP contribution >= 0.6 is 23.1 Å². The smallest absolute Gasteiger partial charge is 0.290 e. The topological polar surface area (TPSA) is 102 Å². The number of hydrogen-bond acceptors (Lipinski definition) is 8. The van der Waals surface area contributed by atoms with Crippen LogP contribution in [0.15, 0.2) is 62.3 Å². The number of aryl methyl sites for hydroxylation is 1. The molecule has 0 aliphatic carbocycles. The number of thioether (sulfide) groups is 1. The normalized spacial score (nSPS) is 11.3. The van der Waals surface area contributed by atoms with Gasteiger partial charge < -0.3 is 4.52 Å². The van der Waals surface area contributed by atoms with Gasteiger partial charge in [0.1, 0.15) is 11.2 Å². The fraction of sp³-hybridized carbons (Fsp3) is 0.105. The van der Waals surface area contributed by atoms with E-state index < -0.39 is 0 Å². The standard InChI is InChI=1S/C19H14N6O2S2/c1-11-4-6-12(7-5-11)17-20-16(27-24-17)10-29-19-22-21-18(26)14-9-13(23-25(14)19)15-3-2-8-28-15/h2-9H,10H2,1H3,(H,21,26). The number of nitrogens with one attached hydrogen (secondary N) is 1. The van der Waals surface area contributed by atoms with Crippen molar-refractivity contribution < 1.29 is 4.52 Å². The summed E-state index contributed by atoms with van der Waals surface area (Å²) in [4.78, 5) is 17.6. The van der Waals surface area contributed by atoms with Crippen LogP contribution in [0.3, 0.4) is 0 Å². The Morgan fingerprint density at radius 2 is 2.10 bits per heavy atom. The maximum Gasteiger partial charge on any atom is 0.290 e. The molecule has 144 valence electrons. The predicted octanol–water partition coefficient (Wildman–Crippen LogP) is 3.80. The van der Waals surface area contributed by atoms with E-state index in [1.807, 2.05) is 48.7 Å². The summed E-state index contributed by atoms with van der Waals surface area (Å²) in [6, 6.07) is 13.6. The first kappa shape index (κ1) is 17.8. The lowest BCUT2D eigenvalue weighted by molar-refractivity contribution is 0.391. The second-order valence-corrected chi connectivity index (χ2v) is 8.20. The molecule has 0 aliphatic heterocycles. The van der Waals surface area contributed by atoms with E-state index >= 15 is 0 Å². The van der Waals surface area contributed by atoms with Crippen molar-refractivity contribution in [2.24, 2.45) is 0 Å². The molecule has 5 aromatic rings. The van der Waals surface area contributed by atoms with E-state index in [0.717, 1.165) is 16.1 Å². The molecule has 10 heteroatoms. The van der Waals surface area contributed by atoms with Crippen LogP contribution in [0.1, 0.15) is 11.5 Å². The summed E-state index contributed by atoms with van der Waals surface area (Å²) in [7, 11) is 0. The van der Waals surface area contributed by atoms with Crippen LogP contribution in [0.5, 0.6) is 0 Å². The van der Waals surface area contributed by atoms with Crippen molar-refractivity contribution >= 4 is 28.6 Å². The summed E-state index contributed by atoms with van der Waals surface area (Å²) in [6.07, 6.45) is 0. The van der Waals surface area contributed by atoms with Crippen molar-refractivity contribution in [1.29, 1.82) is 0 Å². The minimum atomic E-state index is -0.288. The predicted molar refractivity (Wildman–Crippen MR) is 111 cm³/mol. The summed E-state index contributed by atoms with van der Waals surface area (Å²) < 4.78 is 6.91. The lowest BCUT2D eigenvalue weighted by Gasteiger charge is -2.00. The van der Waals surface area contributed by atoms with Gasteiger partial charge in [-0.25, -0.2) is 9.61 Å². The molecular weight excluding hydrogens is 408 g/mol. The number of rotatable bonds is 5. The Morgan fingerprint density at radius 3 is 2.90 bits per heavy atom. The summed E-state index contributed by atoms with van der Waals surface area (Å²) >= 11 is 2.93. The van der Waals surface area contributed by atoms with E-state index in [4.69, 9.17) is 4.52 Å². The third-order valence-corrected chi connectivity index (χ3v) is 6.06. The van der Waals surface area contributed by atoms with Crippen molar-refractivity contribution in [1.82, 2.24) is 30.0 Å². The summed E-state index contributed by atoms with van der Waals surface area (Å²) in [6.45, 7) is 2.03. The molecule has 0 aliphatic rings. The molecule has 29 heavy (non-hydrogen) atoms. The molecule has 0 amide bonds. The van der Waals surface area contributed by atoms with Gasteiger partial charge >= 0.3 is 0 Å². The van der Waals surface area contributed by atoms with Crippen LogP contribution in [0.4, 0.5) is 0 Å². The van der Waals surface area contributed by atoms with E-state index in [1.54, 1.807) is 21.9 Å². The highest BCUT2D eigenvalue weighted by Gasteiger charge is 2.15. The van der Waals surface area contributed by atoms with Crippen molar-refractivity contribution in [3.8, 4) is 22.0 Å². The van der Waals surface area contributed by atoms with Crippen LogP contribution < -0.4 is 5.56 Å². The molecule has 5 rings (SSSR count). The van der Waals surface area contributed by atoms with Crippen LogP contribution in [0.2, 0.25) is 0 Å². The van der Waals surface area contributed by atoms with Crippen LogP contribution in [-0.4, -0.2) is 30.0 Å². The van der Waals surface area contributed by atoms with E-state index in [-0.39, 0.29) is 5.56 Å². The zero-order valence-electron chi connectivity index (χ0n) is 15.2. The number of nitrogens with zero attached hydrogens (tertiary/aromatic N) is 5. The number of thiophene rings is 1. The Kier molecular flexibility index (Phi) is 4.49. The highest BCUT2D eigenvalue weighted by Crippen LogP contribution is 2.26. The molecule has 0 spiro atoms. The van der Waals surface area contributed by atoms with Crippen molar-refractivity contribution in [2.75, 3.05) is 0 Å². The Balaban J connectivity index is 1.40. The van der Waals surface area contributed by atoms with Gasteiger partial charge in [-0.15, -0.1) is 16.4 Å². The van der Waals surface area contributed by atoms with Gasteiger partial charge in [0.15, 0.2) is 0 Å². The van der Waals surface area contributed by atoms with Gasteiger partial charge in [-0.2, -0.15) is 10.1 Å². The van der Waals surface area contributed by atoms with E-state index in [1.165, 1.54) is 17.3 Å². The van der Waals surface area contributed by atoms with Crippen LogP contribution in [-0.2, 0) is 5.75 Å². The zero-order valence-corrected chi connectivity index (χ0v) is 16.8. The molecule has 4 aromatic heterocycles. The third kappa shape index (κ3) is 3.47. The maximum atomic E-state index is 12.1. The number of aromatic amines is 1. The Bertz CT molecular complexity index is 1340. The SMILES string of the molecule is Cc1ccc(-c2noc(CSc3n[nH]c(=O)c4cc(-c5cccs5)nn34)n2)cc1. The number of benzene rings is 1. The highest BCUT2D eigenvalue weighted by molar-refractivity contribution is 7.98. The average molecular weight is 422 g/mol. The van der Waals surface area contributed by atoms with Gasteiger partial charge in [-0.3, -0.25) is 4.79 Å². The summed E-state index contributed by atoms with van der Waals surface area (Å²) in [5.41, 5.74) is 2.95. The van der Waals surface area contributed by atoms with Crippen LogP contribution in [0.25, 0.3) is 27.5 Å². The molecular formula is C19H14N6O2S2. The monoisotopic (exact) mass is 422 g/mol. The molecule has 1 N–H and O–H groups in total. The first-order valence-corrected chi connectivity index (χ1v) is 10.6. The van der Waals surface area contributed by atoms with Gasteiger partial charge in [0.25, 0.3) is 5.56 Å². The van der Waals surface area contributed by atoms with Gasteiger partial charge in [-0.05, 0) is 24.4 Å². The minimum Gasteiger partial charge on any atom is -0.338 e. The Hall–Kier alpha value is -3.24. The van der Waals surface area contributed by atoms with Crippen molar-refractivity contribution in [3.63, 3.8) is 0 Å². The first-order chi connectivity index (χ1) is 14.2. The Morgan fingerprint density at radius 1 is 1.24 bits per heavy atom. The second kappa shape index (κ2) is 7.30. The summed E-state index contributed by atoms with van der Waals surface area (Å²) in [5.74, 6) is 1.41. The number of aromatic nitrogens is 6. The molecule has 0 unspecified atom stereocenters. The molecule has 0 radical (unpaired) electrons. The fourth-order valence-corrected chi connectivity index (χ4v) is 4.21. The number of hydrogen-bond donors (Lipinski definition) is 1. The molecule has 0 saturated carbocycles. The van der Waals surface area contributed by atoms with E-state index in [9.17, 15) is 4.79 Å². The molecule has 0 saturated heterocycles. The maximum absolute atomic E-state index is 12.1. The molecule has 4 heterocycles. The van der Waals surface area contributed by atoms with Gasteiger partial charge in [0.05, 0.1) is 10.6 Å². The third-order valence-electron chi connectivity index (χ3n) is 4.25. The lowest BCUT2D eigenvalue weighted by Crippen LogP contribution is -2.13. The molecule has 8 nitrogen and oxygen atoms in total. The molecule has 0 fully saturated rings. The quantitative estimate of drug-likeness (QED) is 0.430. The summed E-state index contributed by atoms with van der Waals surface area (Å²) in [5, 5.41) is 17.8. The fourth-order valence-electron chi connectivity index (χ4n) is 2.79. The van der Waals surface area contributed by atoms with Crippen molar-refractivity contribution in [2.45, 2.75) is 17.8 Å². The van der Waals surface area contributed by atoms with E-state index in [2.05, 4.69) is 25.4 Å². The highest BCUT2D eigenvalue weighted by atomic mass is 32.2. The second-order valence-electron chi connectivity index (χ2n) is 6.31. The van der Waals surface area contributed by atoms with Gasteiger partial charge in [-0.1, -0.05) is 52.8 Å². The number of H-pyrrole nitrogens is 1. The lowest BCUT2D eigenvalue weighted by atomic mass is 10.1. The molecule has 0 atom stereocenters. The Labute approximate surface area is 172 Å². The van der Waals surface area contributed by atoms with Crippen LogP contribution in [0, 0.1) is 6.92 Å². The van der Waals surface area contributed by atoms with Gasteiger partial charge in [0, 0.05) is 5.56 Å². The number of fused-ring (bicyclic) bond motifs is 1. The minimum absolute atomic E-state index is 0.288. The molecule has 1 aromatic carbocycles. The zero-order chi connectivity index (χ0) is 19.8. The largest absolute Gasteiger partial charge is 0.338 e. The molecule has 0 bridgehead atoms.